The SMILES string of the molecule is CC(C)c1ccc(NC(=O)COC(=O)COc2ccc(Cl)cc2Cl)cc1. The third-order valence-electron chi connectivity index (χ3n) is 3.46. The highest BCUT2D eigenvalue weighted by atomic mass is 35.5. The van der Waals surface area contributed by atoms with Gasteiger partial charge in [-0.25, -0.2) is 4.79 Å². The van der Waals surface area contributed by atoms with Crippen molar-refractivity contribution in [3.8, 4) is 5.75 Å². The van der Waals surface area contributed by atoms with Crippen molar-refractivity contribution < 1.29 is 19.1 Å². The largest absolute Gasteiger partial charge is 0.480 e. The molecule has 26 heavy (non-hydrogen) atoms. The molecule has 1 N–H and O–H groups in total. The second kappa shape index (κ2) is 9.46. The number of hydrogen-bond donors (Lipinski definition) is 1. The van der Waals surface area contributed by atoms with E-state index in [1.165, 1.54) is 11.6 Å². The van der Waals surface area contributed by atoms with Crippen LogP contribution in [0, 0.1) is 0 Å². The Kier molecular flexibility index (Phi) is 7.30. The van der Waals surface area contributed by atoms with Crippen molar-refractivity contribution in [2.45, 2.75) is 19.8 Å². The summed E-state index contributed by atoms with van der Waals surface area (Å²) in [5, 5.41) is 3.41. The van der Waals surface area contributed by atoms with Crippen molar-refractivity contribution in [3.05, 3.63) is 58.1 Å². The highest BCUT2D eigenvalue weighted by Gasteiger charge is 2.10. The van der Waals surface area contributed by atoms with Gasteiger partial charge in [-0.2, -0.15) is 0 Å². The maximum atomic E-state index is 11.8. The van der Waals surface area contributed by atoms with E-state index in [-0.39, 0.29) is 11.6 Å². The van der Waals surface area contributed by atoms with Crippen LogP contribution in [0.2, 0.25) is 10.0 Å². The van der Waals surface area contributed by atoms with E-state index in [0.29, 0.717) is 22.4 Å². The lowest BCUT2D eigenvalue weighted by Crippen LogP contribution is -2.23. The van der Waals surface area contributed by atoms with Crippen molar-refractivity contribution in [2.24, 2.45) is 0 Å². The second-order valence-corrected chi connectivity index (χ2v) is 6.69. The summed E-state index contributed by atoms with van der Waals surface area (Å²) in [5.74, 6) is -0.390. The van der Waals surface area contributed by atoms with Crippen LogP contribution in [0.25, 0.3) is 0 Å². The molecule has 0 fully saturated rings. The van der Waals surface area contributed by atoms with Crippen LogP contribution < -0.4 is 10.1 Å². The molecule has 2 aromatic rings. The van der Waals surface area contributed by atoms with Gasteiger partial charge < -0.3 is 14.8 Å². The van der Waals surface area contributed by atoms with Crippen molar-refractivity contribution in [1.82, 2.24) is 0 Å². The molecule has 0 spiro atoms. The molecule has 138 valence electrons. The smallest absolute Gasteiger partial charge is 0.344 e. The highest BCUT2D eigenvalue weighted by Crippen LogP contribution is 2.27. The number of hydrogen-bond acceptors (Lipinski definition) is 4. The van der Waals surface area contributed by atoms with Gasteiger partial charge in [0, 0.05) is 10.7 Å². The molecule has 0 unspecified atom stereocenters. The third-order valence-corrected chi connectivity index (χ3v) is 4.00. The van der Waals surface area contributed by atoms with Crippen molar-refractivity contribution in [2.75, 3.05) is 18.5 Å². The van der Waals surface area contributed by atoms with E-state index in [1.54, 1.807) is 24.3 Å². The van der Waals surface area contributed by atoms with Gasteiger partial charge in [0.2, 0.25) is 0 Å². The lowest BCUT2D eigenvalue weighted by atomic mass is 10.0. The molecule has 5 nitrogen and oxygen atoms in total. The number of esters is 1. The quantitative estimate of drug-likeness (QED) is 0.691. The van der Waals surface area contributed by atoms with Gasteiger partial charge in [0.1, 0.15) is 5.75 Å². The van der Waals surface area contributed by atoms with E-state index in [2.05, 4.69) is 19.2 Å². The van der Waals surface area contributed by atoms with Crippen LogP contribution >= 0.6 is 23.2 Å². The lowest BCUT2D eigenvalue weighted by Gasteiger charge is -2.10. The summed E-state index contributed by atoms with van der Waals surface area (Å²) in [6.45, 7) is 3.42. The topological polar surface area (TPSA) is 64.6 Å². The minimum absolute atomic E-state index is 0.285. The highest BCUT2D eigenvalue weighted by molar-refractivity contribution is 6.35. The minimum atomic E-state index is -0.679. The number of rotatable bonds is 7. The van der Waals surface area contributed by atoms with Crippen LogP contribution in [0.3, 0.4) is 0 Å². The van der Waals surface area contributed by atoms with Gasteiger partial charge in [0.25, 0.3) is 5.91 Å². The van der Waals surface area contributed by atoms with E-state index < -0.39 is 18.5 Å². The van der Waals surface area contributed by atoms with Gasteiger partial charge in [0.05, 0.1) is 5.02 Å². The number of benzene rings is 2. The summed E-state index contributed by atoms with van der Waals surface area (Å²) in [6, 6.07) is 12.1. The van der Waals surface area contributed by atoms with Crippen LogP contribution in [0.15, 0.2) is 42.5 Å². The molecule has 0 atom stereocenters. The number of carbonyl (C=O) groups is 2. The van der Waals surface area contributed by atoms with E-state index in [0.717, 1.165) is 0 Å². The first-order valence-corrected chi connectivity index (χ1v) is 8.74. The predicted molar refractivity (Wildman–Crippen MR) is 102 cm³/mol. The Morgan fingerprint density at radius 3 is 2.35 bits per heavy atom. The first kappa shape index (κ1) is 20.1. The second-order valence-electron chi connectivity index (χ2n) is 5.85. The molecular formula is C19H19Cl2NO4. The van der Waals surface area contributed by atoms with Gasteiger partial charge in [0.15, 0.2) is 13.2 Å². The molecule has 0 bridgehead atoms. The number of ether oxygens (including phenoxy) is 2. The number of carbonyl (C=O) groups excluding carboxylic acids is 2. The molecule has 0 aliphatic carbocycles. The predicted octanol–water partition coefficient (Wildman–Crippen LogP) is 4.68. The minimum Gasteiger partial charge on any atom is -0.480 e. The van der Waals surface area contributed by atoms with Gasteiger partial charge in [-0.3, -0.25) is 4.79 Å². The van der Waals surface area contributed by atoms with Gasteiger partial charge in [-0.1, -0.05) is 49.2 Å². The van der Waals surface area contributed by atoms with E-state index >= 15 is 0 Å². The molecular weight excluding hydrogens is 377 g/mol. The number of anilines is 1. The van der Waals surface area contributed by atoms with Crippen LogP contribution in [-0.2, 0) is 14.3 Å². The number of nitrogens with one attached hydrogen (secondary N) is 1. The summed E-state index contributed by atoms with van der Waals surface area (Å²) in [7, 11) is 0. The molecule has 0 aromatic heterocycles. The normalized spacial score (nSPS) is 10.5. The average Bonchev–Trinajstić information content (AvgIpc) is 2.59. The molecule has 7 heteroatoms. The monoisotopic (exact) mass is 395 g/mol. The molecule has 0 aliphatic rings. The third kappa shape index (κ3) is 6.24. The molecule has 0 saturated carbocycles. The molecule has 1 amide bonds. The van der Waals surface area contributed by atoms with Crippen molar-refractivity contribution >= 4 is 40.8 Å². The summed E-state index contributed by atoms with van der Waals surface area (Å²) in [6.07, 6.45) is 0. The number of halogens is 2. The maximum Gasteiger partial charge on any atom is 0.344 e. The van der Waals surface area contributed by atoms with E-state index in [9.17, 15) is 9.59 Å². The Morgan fingerprint density at radius 1 is 1.04 bits per heavy atom. The zero-order chi connectivity index (χ0) is 19.1. The fourth-order valence-electron chi connectivity index (χ4n) is 2.07. The molecule has 0 heterocycles. The van der Waals surface area contributed by atoms with Gasteiger partial charge in [-0.15, -0.1) is 0 Å². The summed E-state index contributed by atoms with van der Waals surface area (Å²) in [5.41, 5.74) is 1.81. The fourth-order valence-corrected chi connectivity index (χ4v) is 2.53. The Morgan fingerprint density at radius 2 is 1.73 bits per heavy atom. The van der Waals surface area contributed by atoms with Crippen LogP contribution in [0.1, 0.15) is 25.3 Å². The standard InChI is InChI=1S/C19H19Cl2NO4/c1-12(2)13-3-6-15(7-4-13)22-18(23)10-26-19(24)11-25-17-8-5-14(20)9-16(17)21/h3-9,12H,10-11H2,1-2H3,(H,22,23). The zero-order valence-corrected chi connectivity index (χ0v) is 15.9. The molecule has 0 saturated heterocycles. The van der Waals surface area contributed by atoms with Gasteiger partial charge >= 0.3 is 5.97 Å². The van der Waals surface area contributed by atoms with Crippen LogP contribution in [-0.4, -0.2) is 25.1 Å². The Balaban J connectivity index is 1.75. The Labute approximate surface area is 162 Å². The van der Waals surface area contributed by atoms with Crippen LogP contribution in [0.4, 0.5) is 5.69 Å². The van der Waals surface area contributed by atoms with Crippen LogP contribution in [0.5, 0.6) is 5.75 Å². The van der Waals surface area contributed by atoms with E-state index in [1.807, 2.05) is 12.1 Å². The molecule has 2 rings (SSSR count). The average molecular weight is 396 g/mol. The Bertz CT molecular complexity index is 776. The van der Waals surface area contributed by atoms with Crippen molar-refractivity contribution in [1.29, 1.82) is 0 Å². The maximum absolute atomic E-state index is 11.8. The lowest BCUT2D eigenvalue weighted by molar-refractivity contribution is -0.149. The zero-order valence-electron chi connectivity index (χ0n) is 14.4. The van der Waals surface area contributed by atoms with Gasteiger partial charge in [-0.05, 0) is 41.8 Å². The summed E-state index contributed by atoms with van der Waals surface area (Å²) >= 11 is 11.7. The molecule has 2 aromatic carbocycles. The summed E-state index contributed by atoms with van der Waals surface area (Å²) in [4.78, 5) is 23.5. The molecule has 0 radical (unpaired) electrons. The fraction of sp³-hybridized carbons (Fsp3) is 0.263. The van der Waals surface area contributed by atoms with Crippen molar-refractivity contribution in [3.63, 3.8) is 0 Å². The number of amides is 1. The first-order chi connectivity index (χ1) is 12.3. The first-order valence-electron chi connectivity index (χ1n) is 7.98. The van der Waals surface area contributed by atoms with E-state index in [4.69, 9.17) is 32.7 Å². The Hall–Kier alpha value is -2.24. The summed E-state index contributed by atoms with van der Waals surface area (Å²) < 4.78 is 10.1. The molecule has 0 aliphatic heterocycles.